The third kappa shape index (κ3) is 3.79. The van der Waals surface area contributed by atoms with Crippen molar-refractivity contribution in [3.63, 3.8) is 0 Å². The van der Waals surface area contributed by atoms with Crippen molar-refractivity contribution in [2.24, 2.45) is 0 Å². The van der Waals surface area contributed by atoms with Crippen LogP contribution >= 0.6 is 11.6 Å². The minimum atomic E-state index is 0.279. The highest BCUT2D eigenvalue weighted by Gasteiger charge is 2.31. The molecule has 3 atom stereocenters. The number of aryl methyl sites for hydroxylation is 2. The molecular formula is C16H28ClN3O. The average Bonchev–Trinajstić information content (AvgIpc) is 3.03. The predicted molar refractivity (Wildman–Crippen MR) is 87.0 cm³/mol. The van der Waals surface area contributed by atoms with Gasteiger partial charge in [-0.05, 0) is 39.7 Å². The number of hydrogen-bond donors (Lipinski definition) is 1. The molecule has 2 heterocycles. The summed E-state index contributed by atoms with van der Waals surface area (Å²) in [5.41, 5.74) is 2.15. The van der Waals surface area contributed by atoms with E-state index in [9.17, 15) is 0 Å². The van der Waals surface area contributed by atoms with E-state index in [1.165, 1.54) is 0 Å². The number of ether oxygens (including phenoxy) is 1. The fraction of sp³-hybridized carbons (Fsp3) is 0.812. The third-order valence-electron chi connectivity index (χ3n) is 4.29. The Bertz CT molecular complexity index is 461. The molecule has 4 nitrogen and oxygen atoms in total. The van der Waals surface area contributed by atoms with Crippen LogP contribution in [-0.4, -0.2) is 34.6 Å². The highest BCUT2D eigenvalue weighted by atomic mass is 35.5. The Hall–Kier alpha value is -0.580. The molecular weight excluding hydrogens is 286 g/mol. The number of aromatic nitrogens is 2. The van der Waals surface area contributed by atoms with E-state index in [2.05, 4.69) is 38.1 Å². The van der Waals surface area contributed by atoms with Crippen molar-refractivity contribution < 1.29 is 4.74 Å². The smallest absolute Gasteiger partial charge is 0.0850 e. The number of rotatable bonds is 7. The van der Waals surface area contributed by atoms with Gasteiger partial charge in [0.25, 0.3) is 0 Å². The lowest BCUT2D eigenvalue weighted by Gasteiger charge is -2.25. The highest BCUT2D eigenvalue weighted by Crippen LogP contribution is 2.27. The summed E-state index contributed by atoms with van der Waals surface area (Å²) in [6.07, 6.45) is 4.67. The van der Waals surface area contributed by atoms with E-state index in [0.29, 0.717) is 12.1 Å². The molecule has 0 aliphatic carbocycles. The molecule has 3 unspecified atom stereocenters. The van der Waals surface area contributed by atoms with E-state index in [0.717, 1.165) is 55.2 Å². The lowest BCUT2D eigenvalue weighted by atomic mass is 10.0. The van der Waals surface area contributed by atoms with Crippen LogP contribution in [0.15, 0.2) is 0 Å². The Kier molecular flexibility index (Phi) is 6.08. The molecule has 1 saturated heterocycles. The molecule has 0 bridgehead atoms. The summed E-state index contributed by atoms with van der Waals surface area (Å²) in [5.74, 6) is 0. The number of likely N-dealkylation sites (N-methyl/N-ethyl adjacent to an activating group) is 1. The van der Waals surface area contributed by atoms with Crippen LogP contribution in [0.4, 0.5) is 0 Å². The lowest BCUT2D eigenvalue weighted by Crippen LogP contribution is -2.42. The van der Waals surface area contributed by atoms with Gasteiger partial charge in [0.1, 0.15) is 0 Å². The molecule has 2 rings (SSSR count). The second-order valence-electron chi connectivity index (χ2n) is 5.81. The number of hydrogen-bond acceptors (Lipinski definition) is 3. The summed E-state index contributed by atoms with van der Waals surface area (Å²) < 4.78 is 8.10. The topological polar surface area (TPSA) is 39.1 Å². The van der Waals surface area contributed by atoms with Gasteiger partial charge >= 0.3 is 0 Å². The van der Waals surface area contributed by atoms with Crippen LogP contribution in [0, 0.1) is 0 Å². The third-order valence-corrected chi connectivity index (χ3v) is 4.72. The Labute approximate surface area is 133 Å². The second kappa shape index (κ2) is 7.61. The number of nitrogens with one attached hydrogen (secondary N) is 1. The standard InChI is InChI=1S/C16H28ClN3O/c1-5-12-16(17)14(20(7-3)19-12)10-13(18-6-2)15-9-8-11(4)21-15/h11,13,15,18H,5-10H2,1-4H3. The predicted octanol–water partition coefficient (Wildman–Crippen LogP) is 3.21. The number of nitrogens with zero attached hydrogens (tertiary/aromatic N) is 2. The molecule has 1 aliphatic heterocycles. The minimum Gasteiger partial charge on any atom is -0.374 e. The lowest BCUT2D eigenvalue weighted by molar-refractivity contribution is 0.0320. The van der Waals surface area contributed by atoms with Crippen LogP contribution in [0.5, 0.6) is 0 Å². The van der Waals surface area contributed by atoms with Crippen molar-refractivity contribution in [2.45, 2.75) is 78.2 Å². The molecule has 5 heteroatoms. The van der Waals surface area contributed by atoms with Crippen molar-refractivity contribution in [1.82, 2.24) is 15.1 Å². The summed E-state index contributed by atoms with van der Waals surface area (Å²) in [5, 5.41) is 9.03. The van der Waals surface area contributed by atoms with Gasteiger partial charge in [-0.25, -0.2) is 0 Å². The first-order valence-corrected chi connectivity index (χ1v) is 8.61. The molecule has 1 aromatic rings. The van der Waals surface area contributed by atoms with Gasteiger partial charge in [-0.1, -0.05) is 25.4 Å². The maximum absolute atomic E-state index is 6.54. The molecule has 0 radical (unpaired) electrons. The van der Waals surface area contributed by atoms with Gasteiger partial charge in [0.15, 0.2) is 0 Å². The van der Waals surface area contributed by atoms with E-state index in [4.69, 9.17) is 16.3 Å². The summed E-state index contributed by atoms with van der Waals surface area (Å²) in [6.45, 7) is 10.3. The maximum atomic E-state index is 6.54. The normalized spacial score (nSPS) is 23.7. The summed E-state index contributed by atoms with van der Waals surface area (Å²) in [6, 6.07) is 0.309. The van der Waals surface area contributed by atoms with E-state index in [-0.39, 0.29) is 6.10 Å². The first kappa shape index (κ1) is 16.8. The van der Waals surface area contributed by atoms with E-state index in [1.807, 2.05) is 4.68 Å². The fourth-order valence-electron chi connectivity index (χ4n) is 3.15. The van der Waals surface area contributed by atoms with E-state index in [1.54, 1.807) is 0 Å². The molecule has 120 valence electrons. The Morgan fingerprint density at radius 1 is 1.38 bits per heavy atom. The van der Waals surface area contributed by atoms with Gasteiger partial charge in [-0.15, -0.1) is 0 Å². The fourth-order valence-corrected chi connectivity index (χ4v) is 3.49. The van der Waals surface area contributed by atoms with E-state index >= 15 is 0 Å². The van der Waals surface area contributed by atoms with Crippen LogP contribution < -0.4 is 5.32 Å². The summed E-state index contributed by atoms with van der Waals surface area (Å²) >= 11 is 6.54. The quantitative estimate of drug-likeness (QED) is 0.840. The van der Waals surface area contributed by atoms with Crippen LogP contribution in [0.2, 0.25) is 5.02 Å². The first-order valence-electron chi connectivity index (χ1n) is 8.23. The van der Waals surface area contributed by atoms with Gasteiger partial charge in [0.05, 0.1) is 28.6 Å². The van der Waals surface area contributed by atoms with Crippen molar-refractivity contribution in [3.05, 3.63) is 16.4 Å². The van der Waals surface area contributed by atoms with Crippen LogP contribution in [0.1, 0.15) is 51.9 Å². The Balaban J connectivity index is 2.18. The second-order valence-corrected chi connectivity index (χ2v) is 6.19. The molecule has 1 fully saturated rings. The van der Waals surface area contributed by atoms with Crippen LogP contribution in [0.3, 0.4) is 0 Å². The largest absolute Gasteiger partial charge is 0.374 e. The molecule has 0 saturated carbocycles. The zero-order valence-electron chi connectivity index (χ0n) is 13.7. The molecule has 1 N–H and O–H groups in total. The molecule has 0 spiro atoms. The molecule has 0 amide bonds. The SMILES string of the molecule is CCNC(Cc1c(Cl)c(CC)nn1CC)C1CCC(C)O1. The van der Waals surface area contributed by atoms with Gasteiger partial charge in [0, 0.05) is 19.0 Å². The molecule has 1 aliphatic rings. The van der Waals surface area contributed by atoms with Crippen molar-refractivity contribution in [2.75, 3.05) is 6.54 Å². The monoisotopic (exact) mass is 313 g/mol. The average molecular weight is 314 g/mol. The Morgan fingerprint density at radius 2 is 2.14 bits per heavy atom. The first-order chi connectivity index (χ1) is 10.1. The van der Waals surface area contributed by atoms with Crippen molar-refractivity contribution in [3.8, 4) is 0 Å². The van der Waals surface area contributed by atoms with Gasteiger partial charge in [-0.2, -0.15) is 5.10 Å². The summed E-state index contributed by atoms with van der Waals surface area (Å²) in [4.78, 5) is 0. The molecule has 1 aromatic heterocycles. The Morgan fingerprint density at radius 3 is 2.67 bits per heavy atom. The van der Waals surface area contributed by atoms with Crippen molar-refractivity contribution >= 4 is 11.6 Å². The van der Waals surface area contributed by atoms with E-state index < -0.39 is 0 Å². The highest BCUT2D eigenvalue weighted by molar-refractivity contribution is 6.31. The molecule has 0 aromatic carbocycles. The minimum absolute atomic E-state index is 0.279. The van der Waals surface area contributed by atoms with Crippen molar-refractivity contribution in [1.29, 1.82) is 0 Å². The van der Waals surface area contributed by atoms with Crippen LogP contribution in [-0.2, 0) is 24.1 Å². The van der Waals surface area contributed by atoms with Gasteiger partial charge in [0.2, 0.25) is 0 Å². The summed E-state index contributed by atoms with van der Waals surface area (Å²) in [7, 11) is 0. The zero-order valence-corrected chi connectivity index (χ0v) is 14.4. The zero-order chi connectivity index (χ0) is 15.4. The van der Waals surface area contributed by atoms with Gasteiger partial charge in [-0.3, -0.25) is 4.68 Å². The maximum Gasteiger partial charge on any atom is 0.0850 e. The molecule has 21 heavy (non-hydrogen) atoms. The van der Waals surface area contributed by atoms with Crippen LogP contribution in [0.25, 0.3) is 0 Å². The van der Waals surface area contributed by atoms with Gasteiger partial charge < -0.3 is 10.1 Å². The number of halogens is 1.